The Hall–Kier alpha value is -0.620. The number of aromatic amines is 1. The molecule has 84 valence electrons. The molecule has 1 aromatic heterocycles. The number of thiol groups is 1. The monoisotopic (exact) mass is 245 g/mol. The average molecular weight is 245 g/mol. The molecule has 0 saturated heterocycles. The lowest BCUT2D eigenvalue weighted by atomic mass is 10.4. The molecule has 1 rings (SSSR count). The van der Waals surface area contributed by atoms with Gasteiger partial charge in [0.15, 0.2) is 5.16 Å². The number of H-pyrrole nitrogens is 1. The van der Waals surface area contributed by atoms with Crippen molar-refractivity contribution in [1.29, 1.82) is 0 Å². The minimum absolute atomic E-state index is 0.132. The van der Waals surface area contributed by atoms with E-state index < -0.39 is 0 Å². The Labute approximate surface area is 98.6 Å². The van der Waals surface area contributed by atoms with Crippen molar-refractivity contribution in [3.05, 3.63) is 22.6 Å². The average Bonchev–Trinajstić information content (AvgIpc) is 2.54. The van der Waals surface area contributed by atoms with Crippen molar-refractivity contribution in [1.82, 2.24) is 14.8 Å². The molecule has 0 aliphatic heterocycles. The van der Waals surface area contributed by atoms with Crippen LogP contribution in [0.3, 0.4) is 0 Å². The highest BCUT2D eigenvalue weighted by Crippen LogP contribution is 2.16. The van der Waals surface area contributed by atoms with Gasteiger partial charge in [-0.05, 0) is 13.8 Å². The molecule has 6 heteroatoms. The van der Waals surface area contributed by atoms with Crippen molar-refractivity contribution < 1.29 is 0 Å². The molecule has 15 heavy (non-hydrogen) atoms. The quantitative estimate of drug-likeness (QED) is 0.472. The first-order chi connectivity index (χ1) is 7.16. The fourth-order valence-electron chi connectivity index (χ4n) is 1.11. The minimum Gasteiger partial charge on any atom is -0.268 e. The zero-order valence-corrected chi connectivity index (χ0v) is 10.5. The van der Waals surface area contributed by atoms with Gasteiger partial charge in [-0.3, -0.25) is 4.57 Å². The van der Waals surface area contributed by atoms with Crippen molar-refractivity contribution >= 4 is 24.4 Å². The number of hydrogen-bond acceptors (Lipinski definition) is 4. The summed E-state index contributed by atoms with van der Waals surface area (Å²) in [5, 5.41) is 7.16. The SMILES string of the molecule is CC(C)n1c(SCC=CCS)n[nH]c1=O. The van der Waals surface area contributed by atoms with E-state index in [4.69, 9.17) is 0 Å². The maximum Gasteiger partial charge on any atom is 0.344 e. The van der Waals surface area contributed by atoms with Gasteiger partial charge < -0.3 is 0 Å². The summed E-state index contributed by atoms with van der Waals surface area (Å²) >= 11 is 5.60. The minimum atomic E-state index is -0.148. The van der Waals surface area contributed by atoms with Crippen LogP contribution in [0.25, 0.3) is 0 Å². The van der Waals surface area contributed by atoms with Crippen molar-refractivity contribution in [2.75, 3.05) is 11.5 Å². The third-order valence-electron chi connectivity index (χ3n) is 1.77. The van der Waals surface area contributed by atoms with Crippen molar-refractivity contribution in [2.24, 2.45) is 0 Å². The molecule has 0 atom stereocenters. The van der Waals surface area contributed by atoms with Gasteiger partial charge in [0.25, 0.3) is 0 Å². The zero-order chi connectivity index (χ0) is 11.3. The van der Waals surface area contributed by atoms with Crippen LogP contribution < -0.4 is 5.69 Å². The number of aromatic nitrogens is 3. The van der Waals surface area contributed by atoms with Crippen LogP contribution >= 0.6 is 24.4 Å². The number of hydrogen-bond donors (Lipinski definition) is 2. The number of rotatable bonds is 5. The molecular weight excluding hydrogens is 230 g/mol. The van der Waals surface area contributed by atoms with Crippen LogP contribution in [0.5, 0.6) is 0 Å². The highest BCUT2D eigenvalue weighted by Gasteiger charge is 2.10. The molecule has 0 unspecified atom stereocenters. The second-order valence-electron chi connectivity index (χ2n) is 3.24. The molecule has 0 radical (unpaired) electrons. The topological polar surface area (TPSA) is 50.7 Å². The Balaban J connectivity index is 2.69. The molecule has 0 saturated carbocycles. The molecule has 0 aliphatic rings. The zero-order valence-electron chi connectivity index (χ0n) is 8.80. The summed E-state index contributed by atoms with van der Waals surface area (Å²) in [4.78, 5) is 11.4. The predicted octanol–water partition coefficient (Wildman–Crippen LogP) is 1.73. The van der Waals surface area contributed by atoms with E-state index in [1.807, 2.05) is 26.0 Å². The highest BCUT2D eigenvalue weighted by atomic mass is 32.2. The maximum atomic E-state index is 11.4. The summed E-state index contributed by atoms with van der Waals surface area (Å²) in [7, 11) is 0. The van der Waals surface area contributed by atoms with E-state index in [2.05, 4.69) is 22.8 Å². The molecule has 0 spiro atoms. The fourth-order valence-corrected chi connectivity index (χ4v) is 2.19. The van der Waals surface area contributed by atoms with Crippen molar-refractivity contribution in [2.45, 2.75) is 25.0 Å². The Morgan fingerprint density at radius 2 is 2.33 bits per heavy atom. The van der Waals surface area contributed by atoms with E-state index in [-0.39, 0.29) is 11.7 Å². The second kappa shape index (κ2) is 6.07. The molecule has 0 bridgehead atoms. The Kier molecular flexibility index (Phi) is 5.04. The van der Waals surface area contributed by atoms with Crippen LogP contribution in [0.4, 0.5) is 0 Å². The first-order valence-electron chi connectivity index (χ1n) is 4.72. The first-order valence-corrected chi connectivity index (χ1v) is 6.34. The normalized spacial score (nSPS) is 11.7. The molecule has 0 amide bonds. The molecule has 1 N–H and O–H groups in total. The predicted molar refractivity (Wildman–Crippen MR) is 66.9 cm³/mol. The van der Waals surface area contributed by atoms with Gasteiger partial charge in [0, 0.05) is 17.5 Å². The molecule has 0 aromatic carbocycles. The van der Waals surface area contributed by atoms with Crippen LogP contribution in [-0.4, -0.2) is 26.3 Å². The van der Waals surface area contributed by atoms with Gasteiger partial charge in [0.05, 0.1) is 0 Å². The molecule has 0 fully saturated rings. The van der Waals surface area contributed by atoms with Crippen LogP contribution in [-0.2, 0) is 0 Å². The van der Waals surface area contributed by atoms with Gasteiger partial charge in [-0.1, -0.05) is 23.9 Å². The van der Waals surface area contributed by atoms with Crippen LogP contribution in [0.2, 0.25) is 0 Å². The summed E-state index contributed by atoms with van der Waals surface area (Å²) < 4.78 is 1.65. The lowest BCUT2D eigenvalue weighted by molar-refractivity contribution is 0.534. The van der Waals surface area contributed by atoms with E-state index in [0.29, 0.717) is 0 Å². The van der Waals surface area contributed by atoms with Crippen molar-refractivity contribution in [3.8, 4) is 0 Å². The largest absolute Gasteiger partial charge is 0.344 e. The molecule has 4 nitrogen and oxygen atoms in total. The Bertz CT molecular complexity index is 381. The summed E-state index contributed by atoms with van der Waals surface area (Å²) in [6.07, 6.45) is 3.99. The van der Waals surface area contributed by atoms with E-state index in [9.17, 15) is 4.79 Å². The summed E-state index contributed by atoms with van der Waals surface area (Å²) in [5.41, 5.74) is -0.148. The fraction of sp³-hybridized carbons (Fsp3) is 0.556. The smallest absolute Gasteiger partial charge is 0.268 e. The maximum absolute atomic E-state index is 11.4. The first kappa shape index (κ1) is 12.4. The molecule has 1 aromatic rings. The van der Waals surface area contributed by atoms with Crippen molar-refractivity contribution in [3.63, 3.8) is 0 Å². The standard InChI is InChI=1S/C9H15N3OS2/c1-7(2)12-8(13)10-11-9(12)15-6-4-3-5-14/h3-4,7,14H,5-6H2,1-2H3,(H,10,13). The van der Waals surface area contributed by atoms with E-state index in [1.54, 1.807) is 4.57 Å². The summed E-state index contributed by atoms with van der Waals surface area (Å²) in [6, 6.07) is 0.132. The Morgan fingerprint density at radius 3 is 2.93 bits per heavy atom. The lowest BCUT2D eigenvalue weighted by Gasteiger charge is -2.06. The van der Waals surface area contributed by atoms with E-state index in [0.717, 1.165) is 16.7 Å². The molecule has 1 heterocycles. The van der Waals surface area contributed by atoms with Crippen LogP contribution in [0.15, 0.2) is 22.1 Å². The third-order valence-corrected chi connectivity index (χ3v) is 2.89. The number of thioether (sulfide) groups is 1. The second-order valence-corrected chi connectivity index (χ2v) is 4.59. The molecule has 0 aliphatic carbocycles. The van der Waals surface area contributed by atoms with Gasteiger partial charge in [0.1, 0.15) is 0 Å². The van der Waals surface area contributed by atoms with Crippen LogP contribution in [0.1, 0.15) is 19.9 Å². The van der Waals surface area contributed by atoms with Gasteiger partial charge in [-0.2, -0.15) is 12.6 Å². The number of nitrogens with zero attached hydrogens (tertiary/aromatic N) is 2. The van der Waals surface area contributed by atoms with Gasteiger partial charge in [0.2, 0.25) is 0 Å². The highest BCUT2D eigenvalue weighted by molar-refractivity contribution is 7.99. The van der Waals surface area contributed by atoms with E-state index in [1.165, 1.54) is 11.8 Å². The molecular formula is C9H15N3OS2. The summed E-state index contributed by atoms with van der Waals surface area (Å²) in [5.74, 6) is 1.54. The van der Waals surface area contributed by atoms with Gasteiger partial charge in [-0.15, -0.1) is 5.10 Å². The lowest BCUT2D eigenvalue weighted by Crippen LogP contribution is -2.19. The van der Waals surface area contributed by atoms with Crippen LogP contribution in [0, 0.1) is 0 Å². The third kappa shape index (κ3) is 3.46. The summed E-state index contributed by atoms with van der Waals surface area (Å²) in [6.45, 7) is 3.93. The number of nitrogens with one attached hydrogen (secondary N) is 1. The van der Waals surface area contributed by atoms with E-state index >= 15 is 0 Å². The van der Waals surface area contributed by atoms with Gasteiger partial charge in [-0.25, -0.2) is 9.89 Å². The Morgan fingerprint density at radius 1 is 1.60 bits per heavy atom. The van der Waals surface area contributed by atoms with Gasteiger partial charge >= 0.3 is 5.69 Å².